The standard InChI is InChI=1S/C25H30N2O5/c1-26-24(29)8-4-19(16-28)22-17-32-23-7-3-18-15-20(5-6-21(18)25(22)23)31-12-2-9-27-10-13-30-14-11-27/h3,5-7,15-17,19H,2,4,8-14H2,1H3,(H,26,29). The van der Waals surface area contributed by atoms with Gasteiger partial charge in [0.15, 0.2) is 0 Å². The summed E-state index contributed by atoms with van der Waals surface area (Å²) in [4.78, 5) is 25.8. The van der Waals surface area contributed by atoms with Crippen molar-refractivity contribution in [3.63, 3.8) is 0 Å². The van der Waals surface area contributed by atoms with Crippen molar-refractivity contribution in [3.05, 3.63) is 42.2 Å². The molecule has 0 spiro atoms. The van der Waals surface area contributed by atoms with E-state index >= 15 is 0 Å². The number of carbonyl (C=O) groups is 2. The molecule has 0 radical (unpaired) electrons. The van der Waals surface area contributed by atoms with E-state index in [2.05, 4.69) is 10.2 Å². The summed E-state index contributed by atoms with van der Waals surface area (Å²) in [6, 6.07) is 9.94. The maximum absolute atomic E-state index is 11.8. The maximum atomic E-state index is 11.8. The van der Waals surface area contributed by atoms with Gasteiger partial charge in [0.1, 0.15) is 17.6 Å². The predicted octanol–water partition coefficient (Wildman–Crippen LogP) is 3.50. The molecule has 170 valence electrons. The van der Waals surface area contributed by atoms with E-state index < -0.39 is 5.92 Å². The lowest BCUT2D eigenvalue weighted by Gasteiger charge is -2.26. The van der Waals surface area contributed by atoms with Gasteiger partial charge >= 0.3 is 0 Å². The molecule has 0 aliphatic carbocycles. The SMILES string of the molecule is CNC(=O)CCC(C=O)c1coc2ccc3cc(OCCCN4CCOCC4)ccc3c12. The van der Waals surface area contributed by atoms with Gasteiger partial charge < -0.3 is 24.0 Å². The Labute approximate surface area is 187 Å². The first-order valence-corrected chi connectivity index (χ1v) is 11.2. The molecule has 0 bridgehead atoms. The summed E-state index contributed by atoms with van der Waals surface area (Å²) in [7, 11) is 1.60. The molecule has 7 heteroatoms. The van der Waals surface area contributed by atoms with Crippen molar-refractivity contribution in [1.82, 2.24) is 10.2 Å². The summed E-state index contributed by atoms with van der Waals surface area (Å²) >= 11 is 0. The van der Waals surface area contributed by atoms with Gasteiger partial charge in [0.05, 0.1) is 26.1 Å². The van der Waals surface area contributed by atoms with Gasteiger partial charge in [-0.3, -0.25) is 9.69 Å². The van der Waals surface area contributed by atoms with Crippen LogP contribution < -0.4 is 10.1 Å². The fourth-order valence-electron chi connectivity index (χ4n) is 4.24. The van der Waals surface area contributed by atoms with E-state index in [0.29, 0.717) is 19.4 Å². The van der Waals surface area contributed by atoms with E-state index in [-0.39, 0.29) is 5.91 Å². The quantitative estimate of drug-likeness (QED) is 0.386. The molecule has 3 aromatic rings. The zero-order valence-electron chi connectivity index (χ0n) is 18.5. The number of aldehydes is 1. The van der Waals surface area contributed by atoms with E-state index in [1.54, 1.807) is 13.3 Å². The maximum Gasteiger partial charge on any atom is 0.219 e. The molecule has 2 aromatic carbocycles. The number of furan rings is 1. The van der Waals surface area contributed by atoms with Gasteiger partial charge in [0.25, 0.3) is 0 Å². The minimum atomic E-state index is -0.393. The summed E-state index contributed by atoms with van der Waals surface area (Å²) in [5.74, 6) is 0.357. The number of hydrogen-bond donors (Lipinski definition) is 1. The molecule has 1 fully saturated rings. The second-order valence-corrected chi connectivity index (χ2v) is 8.12. The zero-order valence-corrected chi connectivity index (χ0v) is 18.5. The van der Waals surface area contributed by atoms with Crippen LogP contribution in [0.5, 0.6) is 5.75 Å². The summed E-state index contributed by atoms with van der Waals surface area (Å²) in [6.07, 6.45) is 4.24. The average Bonchev–Trinajstić information content (AvgIpc) is 3.27. The number of morpholine rings is 1. The van der Waals surface area contributed by atoms with E-state index in [1.807, 2.05) is 30.3 Å². The Morgan fingerprint density at radius 2 is 2.09 bits per heavy atom. The van der Waals surface area contributed by atoms with Gasteiger partial charge in [-0.1, -0.05) is 6.07 Å². The molecule has 1 aromatic heterocycles. The largest absolute Gasteiger partial charge is 0.494 e. The number of amides is 1. The van der Waals surface area contributed by atoms with E-state index in [9.17, 15) is 9.59 Å². The van der Waals surface area contributed by atoms with Crippen LogP contribution in [0, 0.1) is 0 Å². The second-order valence-electron chi connectivity index (χ2n) is 8.12. The van der Waals surface area contributed by atoms with Crippen molar-refractivity contribution in [2.24, 2.45) is 0 Å². The molecule has 0 saturated carbocycles. The minimum Gasteiger partial charge on any atom is -0.494 e. The highest BCUT2D eigenvalue weighted by molar-refractivity contribution is 6.08. The molecule has 1 atom stereocenters. The van der Waals surface area contributed by atoms with Crippen molar-refractivity contribution >= 4 is 33.9 Å². The van der Waals surface area contributed by atoms with Crippen LogP contribution in [0.4, 0.5) is 0 Å². The van der Waals surface area contributed by atoms with Gasteiger partial charge in [-0.25, -0.2) is 0 Å². The van der Waals surface area contributed by atoms with E-state index in [4.69, 9.17) is 13.9 Å². The lowest BCUT2D eigenvalue weighted by molar-refractivity contribution is -0.120. The van der Waals surface area contributed by atoms with Crippen LogP contribution >= 0.6 is 0 Å². The fraction of sp³-hybridized carbons (Fsp3) is 0.440. The Bertz CT molecular complexity index is 1070. The minimum absolute atomic E-state index is 0.0788. The topological polar surface area (TPSA) is 81.0 Å². The Morgan fingerprint density at radius 3 is 2.88 bits per heavy atom. The Kier molecular flexibility index (Phi) is 7.39. The number of fused-ring (bicyclic) bond motifs is 3. The Morgan fingerprint density at radius 1 is 1.25 bits per heavy atom. The highest BCUT2D eigenvalue weighted by Gasteiger charge is 2.20. The summed E-state index contributed by atoms with van der Waals surface area (Å²) < 4.78 is 17.1. The smallest absolute Gasteiger partial charge is 0.219 e. The summed E-state index contributed by atoms with van der Waals surface area (Å²) in [5, 5.41) is 5.57. The number of hydrogen-bond acceptors (Lipinski definition) is 6. The fourth-order valence-corrected chi connectivity index (χ4v) is 4.24. The van der Waals surface area contributed by atoms with Gasteiger partial charge in [-0.05, 0) is 47.9 Å². The monoisotopic (exact) mass is 438 g/mol. The Hall–Kier alpha value is -2.90. The lowest BCUT2D eigenvalue weighted by Crippen LogP contribution is -2.37. The van der Waals surface area contributed by atoms with Crippen LogP contribution in [0.25, 0.3) is 21.7 Å². The van der Waals surface area contributed by atoms with E-state index in [0.717, 1.165) is 78.6 Å². The first-order chi connectivity index (χ1) is 15.7. The highest BCUT2D eigenvalue weighted by atomic mass is 16.5. The second kappa shape index (κ2) is 10.6. The lowest BCUT2D eigenvalue weighted by atomic mass is 9.92. The number of nitrogens with one attached hydrogen (secondary N) is 1. The average molecular weight is 439 g/mol. The number of carbonyl (C=O) groups excluding carboxylic acids is 2. The van der Waals surface area contributed by atoms with Crippen LogP contribution in [0.1, 0.15) is 30.7 Å². The third-order valence-corrected chi connectivity index (χ3v) is 6.07. The van der Waals surface area contributed by atoms with Crippen LogP contribution in [0.3, 0.4) is 0 Å². The molecule has 2 heterocycles. The van der Waals surface area contributed by atoms with Crippen molar-refractivity contribution in [2.75, 3.05) is 46.5 Å². The predicted molar refractivity (Wildman–Crippen MR) is 123 cm³/mol. The van der Waals surface area contributed by atoms with Crippen LogP contribution in [0.2, 0.25) is 0 Å². The molecule has 1 amide bonds. The molecule has 4 rings (SSSR count). The molecular formula is C25H30N2O5. The molecule has 1 aliphatic rings. The first-order valence-electron chi connectivity index (χ1n) is 11.2. The van der Waals surface area contributed by atoms with Gasteiger partial charge in [-0.2, -0.15) is 0 Å². The molecule has 1 saturated heterocycles. The normalized spacial score (nSPS) is 15.7. The molecule has 7 nitrogen and oxygen atoms in total. The molecule has 1 N–H and O–H groups in total. The number of rotatable bonds is 10. The van der Waals surface area contributed by atoms with Gasteiger partial charge in [0.2, 0.25) is 5.91 Å². The zero-order chi connectivity index (χ0) is 22.3. The highest BCUT2D eigenvalue weighted by Crippen LogP contribution is 2.36. The van der Waals surface area contributed by atoms with Crippen LogP contribution in [-0.4, -0.2) is 63.6 Å². The third kappa shape index (κ3) is 5.11. The first kappa shape index (κ1) is 22.3. The van der Waals surface area contributed by atoms with Crippen molar-refractivity contribution in [2.45, 2.75) is 25.2 Å². The number of benzene rings is 2. The summed E-state index contributed by atoms with van der Waals surface area (Å²) in [5.41, 5.74) is 1.56. The van der Waals surface area contributed by atoms with Crippen LogP contribution in [0.15, 0.2) is 41.0 Å². The van der Waals surface area contributed by atoms with Crippen LogP contribution in [-0.2, 0) is 14.3 Å². The van der Waals surface area contributed by atoms with Gasteiger partial charge in [-0.15, -0.1) is 0 Å². The van der Waals surface area contributed by atoms with Gasteiger partial charge in [0, 0.05) is 50.0 Å². The molecule has 1 unspecified atom stereocenters. The van der Waals surface area contributed by atoms with Crippen molar-refractivity contribution in [1.29, 1.82) is 0 Å². The van der Waals surface area contributed by atoms with Crippen molar-refractivity contribution < 1.29 is 23.5 Å². The molecular weight excluding hydrogens is 408 g/mol. The van der Waals surface area contributed by atoms with Crippen molar-refractivity contribution in [3.8, 4) is 5.75 Å². The number of ether oxygens (including phenoxy) is 2. The molecule has 1 aliphatic heterocycles. The Balaban J connectivity index is 1.47. The third-order valence-electron chi connectivity index (χ3n) is 6.07. The molecule has 32 heavy (non-hydrogen) atoms. The summed E-state index contributed by atoms with van der Waals surface area (Å²) in [6.45, 7) is 5.28. The van der Waals surface area contributed by atoms with E-state index in [1.165, 1.54) is 0 Å². The number of nitrogens with zero attached hydrogens (tertiary/aromatic N) is 1.